The number of nitrogens with zero attached hydrogens (tertiary/aromatic N) is 4. The van der Waals surface area contributed by atoms with Crippen molar-refractivity contribution in [2.45, 2.75) is 19.3 Å². The Morgan fingerprint density at radius 2 is 1.52 bits per heavy atom. The van der Waals surface area contributed by atoms with Crippen LogP contribution in [0.25, 0.3) is 22.4 Å². The fourth-order valence-corrected chi connectivity index (χ4v) is 4.87. The number of rotatable bonds is 7. The van der Waals surface area contributed by atoms with Crippen molar-refractivity contribution in [3.05, 3.63) is 100 Å². The van der Waals surface area contributed by atoms with Gasteiger partial charge in [0.2, 0.25) is 0 Å². The lowest BCUT2D eigenvalue weighted by atomic mass is 9.97. The molecule has 1 aromatic heterocycles. The van der Waals surface area contributed by atoms with Crippen LogP contribution in [0.2, 0.25) is 0 Å². The summed E-state index contributed by atoms with van der Waals surface area (Å²) in [7, 11) is 0. The van der Waals surface area contributed by atoms with Gasteiger partial charge in [-0.05, 0) is 49.1 Å². The number of carbonyl (C=O) groups is 3. The highest BCUT2D eigenvalue weighted by molar-refractivity contribution is 6.05. The van der Waals surface area contributed by atoms with Crippen LogP contribution in [-0.4, -0.2) is 50.9 Å². The molecule has 1 fully saturated rings. The summed E-state index contributed by atoms with van der Waals surface area (Å²) in [5.41, 5.74) is 8.59. The molecule has 1 aliphatic rings. The van der Waals surface area contributed by atoms with E-state index >= 15 is 0 Å². The summed E-state index contributed by atoms with van der Waals surface area (Å²) in [5, 5.41) is 25.5. The Bertz CT molecular complexity index is 1630. The van der Waals surface area contributed by atoms with Crippen LogP contribution < -0.4 is 21.2 Å². The molecule has 0 spiro atoms. The van der Waals surface area contributed by atoms with Gasteiger partial charge in [-0.25, -0.2) is 10.2 Å². The molecule has 3 aromatic carbocycles. The largest absolute Gasteiger partial charge is 0.464 e. The zero-order valence-electron chi connectivity index (χ0n) is 22.3. The van der Waals surface area contributed by atoms with Crippen LogP contribution in [0.5, 0.6) is 0 Å². The summed E-state index contributed by atoms with van der Waals surface area (Å²) in [6.07, 6.45) is 1.88. The Morgan fingerprint density at radius 1 is 0.833 bits per heavy atom. The molecule has 2 heterocycles. The highest BCUT2D eigenvalue weighted by Crippen LogP contribution is 2.36. The van der Waals surface area contributed by atoms with E-state index in [0.29, 0.717) is 5.56 Å². The Balaban J connectivity index is 1.59. The molecule has 0 radical (unpaired) electrons. The van der Waals surface area contributed by atoms with E-state index in [4.69, 9.17) is 0 Å². The summed E-state index contributed by atoms with van der Waals surface area (Å²) in [6, 6.07) is 21.2. The third kappa shape index (κ3) is 6.04. The predicted octanol–water partition coefficient (Wildman–Crippen LogP) is 4.41. The molecule has 0 aliphatic carbocycles. The number of nitro groups is 1. The minimum Gasteiger partial charge on any atom is -0.464 e. The smallest absolute Gasteiger partial charge is 0.425 e. The van der Waals surface area contributed by atoms with Crippen LogP contribution in [0.4, 0.5) is 16.2 Å². The van der Waals surface area contributed by atoms with Gasteiger partial charge in [-0.1, -0.05) is 42.5 Å². The minimum atomic E-state index is -1.50. The van der Waals surface area contributed by atoms with Gasteiger partial charge in [0, 0.05) is 47.6 Å². The molecule has 0 bridgehead atoms. The van der Waals surface area contributed by atoms with Gasteiger partial charge in [0.05, 0.1) is 4.92 Å². The van der Waals surface area contributed by atoms with Crippen molar-refractivity contribution >= 4 is 29.3 Å². The fourth-order valence-electron chi connectivity index (χ4n) is 4.87. The van der Waals surface area contributed by atoms with Crippen molar-refractivity contribution in [1.82, 2.24) is 20.7 Å². The number of anilines is 1. The average molecular weight is 570 g/mol. The van der Waals surface area contributed by atoms with Gasteiger partial charge >= 0.3 is 6.09 Å². The van der Waals surface area contributed by atoms with Crippen molar-refractivity contribution < 1.29 is 24.4 Å². The van der Waals surface area contributed by atoms with Gasteiger partial charge in [-0.15, -0.1) is 0 Å². The van der Waals surface area contributed by atoms with E-state index in [1.165, 1.54) is 24.6 Å². The average Bonchev–Trinajstić information content (AvgIpc) is 3.39. The van der Waals surface area contributed by atoms with Crippen molar-refractivity contribution in [1.29, 1.82) is 0 Å². The lowest BCUT2D eigenvalue weighted by Crippen LogP contribution is -2.43. The van der Waals surface area contributed by atoms with Crippen LogP contribution in [0.3, 0.4) is 0 Å². The topological polar surface area (TPSA) is 172 Å². The molecule has 0 unspecified atom stereocenters. The number of hydrazine groups is 1. The zero-order valence-corrected chi connectivity index (χ0v) is 22.3. The van der Waals surface area contributed by atoms with Gasteiger partial charge < -0.3 is 10.0 Å². The second-order valence-corrected chi connectivity index (χ2v) is 9.58. The molecule has 1 saturated heterocycles. The molecule has 5 rings (SSSR count). The van der Waals surface area contributed by atoms with E-state index in [0.717, 1.165) is 36.4 Å². The molecule has 3 amide bonds. The number of amides is 3. The lowest BCUT2D eigenvalue weighted by molar-refractivity contribution is -0.384. The van der Waals surface area contributed by atoms with Crippen molar-refractivity contribution in [2.75, 3.05) is 23.4 Å². The van der Waals surface area contributed by atoms with Gasteiger partial charge in [-0.3, -0.25) is 30.6 Å². The van der Waals surface area contributed by atoms with E-state index in [9.17, 15) is 29.6 Å². The van der Waals surface area contributed by atoms with Crippen LogP contribution in [0.15, 0.2) is 78.9 Å². The Hall–Kier alpha value is -5.72. The Kier molecular flexibility index (Phi) is 8.09. The molecule has 13 heteroatoms. The highest BCUT2D eigenvalue weighted by atomic mass is 16.6. The number of carbonyl (C=O) groups excluding carboxylic acids is 2. The summed E-state index contributed by atoms with van der Waals surface area (Å²) >= 11 is 0. The van der Waals surface area contributed by atoms with E-state index in [1.54, 1.807) is 48.5 Å². The molecule has 42 heavy (non-hydrogen) atoms. The molecular formula is C29H27N7O6. The first-order chi connectivity index (χ1) is 20.3. The number of nitro benzene ring substituents is 1. The SMILES string of the molecule is O=C(O)Nn1nc(-c2ccc(N3CCCCC3)cc2)c(-c2cccc([N+](=O)[O-])c2)c1C(=O)NNC(=O)c1ccccc1. The van der Waals surface area contributed by atoms with Gasteiger partial charge in [0.15, 0.2) is 5.69 Å². The summed E-state index contributed by atoms with van der Waals surface area (Å²) in [6.45, 7) is 1.88. The number of non-ortho nitro benzene ring substituents is 1. The number of hydrogen-bond acceptors (Lipinski definition) is 7. The normalized spacial score (nSPS) is 12.8. The molecule has 4 N–H and O–H groups in total. The van der Waals surface area contributed by atoms with E-state index < -0.39 is 22.8 Å². The summed E-state index contributed by atoms with van der Waals surface area (Å²) in [4.78, 5) is 51.8. The standard InChI is InChI=1S/C29H27N7O6/c37-27(20-8-3-1-4-9-20)30-31-28(38)26-24(21-10-7-11-23(18-21)36(41)42)25(32-35(26)33-29(39)40)19-12-14-22(15-13-19)34-16-5-2-6-17-34/h1,3-4,7-15,18,33H,2,5-6,16-17H2,(H,30,37)(H,31,38)(H,39,40). The molecule has 13 nitrogen and oxygen atoms in total. The van der Waals surface area contributed by atoms with Crippen LogP contribution >= 0.6 is 0 Å². The molecule has 1 aliphatic heterocycles. The van der Waals surface area contributed by atoms with Crippen LogP contribution in [0, 0.1) is 10.1 Å². The molecule has 4 aromatic rings. The van der Waals surface area contributed by atoms with Gasteiger partial charge in [0.1, 0.15) is 5.69 Å². The second-order valence-electron chi connectivity index (χ2n) is 9.58. The quantitative estimate of drug-likeness (QED) is 0.187. The Morgan fingerprint density at radius 3 is 2.19 bits per heavy atom. The number of benzene rings is 3. The minimum absolute atomic E-state index is 0.129. The monoisotopic (exact) mass is 569 g/mol. The highest BCUT2D eigenvalue weighted by Gasteiger charge is 2.28. The summed E-state index contributed by atoms with van der Waals surface area (Å²) < 4.78 is 0. The zero-order chi connectivity index (χ0) is 29.6. The maximum absolute atomic E-state index is 13.5. The molecule has 0 saturated carbocycles. The lowest BCUT2D eigenvalue weighted by Gasteiger charge is -2.28. The number of carboxylic acid groups (broad SMARTS) is 1. The van der Waals surface area contributed by atoms with Crippen molar-refractivity contribution in [3.63, 3.8) is 0 Å². The van der Waals surface area contributed by atoms with E-state index in [-0.39, 0.29) is 33.8 Å². The molecular weight excluding hydrogens is 542 g/mol. The number of aromatic nitrogens is 2. The van der Waals surface area contributed by atoms with Crippen LogP contribution in [0.1, 0.15) is 40.1 Å². The maximum Gasteiger partial charge on any atom is 0.425 e. The maximum atomic E-state index is 13.5. The second kappa shape index (κ2) is 12.2. The summed E-state index contributed by atoms with van der Waals surface area (Å²) in [5.74, 6) is -1.51. The fraction of sp³-hybridized carbons (Fsp3) is 0.172. The third-order valence-corrected chi connectivity index (χ3v) is 6.84. The molecule has 0 atom stereocenters. The van der Waals surface area contributed by atoms with E-state index in [1.807, 2.05) is 12.1 Å². The van der Waals surface area contributed by atoms with Crippen LogP contribution in [-0.2, 0) is 0 Å². The Labute approximate surface area is 239 Å². The first-order valence-corrected chi connectivity index (χ1v) is 13.2. The number of nitrogens with one attached hydrogen (secondary N) is 3. The number of hydrogen-bond donors (Lipinski definition) is 4. The van der Waals surface area contributed by atoms with Gasteiger partial charge in [0.25, 0.3) is 17.5 Å². The van der Waals surface area contributed by atoms with Crippen molar-refractivity contribution in [2.24, 2.45) is 0 Å². The number of piperidine rings is 1. The van der Waals surface area contributed by atoms with E-state index in [2.05, 4.69) is 26.3 Å². The first kappa shape index (κ1) is 27.8. The first-order valence-electron chi connectivity index (χ1n) is 13.2. The van der Waals surface area contributed by atoms with Crippen molar-refractivity contribution in [3.8, 4) is 22.4 Å². The van der Waals surface area contributed by atoms with Gasteiger partial charge in [-0.2, -0.15) is 9.89 Å². The predicted molar refractivity (Wildman–Crippen MR) is 155 cm³/mol. The molecule has 214 valence electrons. The third-order valence-electron chi connectivity index (χ3n) is 6.84.